The van der Waals surface area contributed by atoms with Gasteiger partial charge in [0.15, 0.2) is 0 Å². The van der Waals surface area contributed by atoms with Crippen LogP contribution >= 0.6 is 0 Å². The maximum absolute atomic E-state index is 10.5. The molecular formula is C8H10NNaO2. The van der Waals surface area contributed by atoms with E-state index in [1.165, 1.54) is 6.20 Å². The van der Waals surface area contributed by atoms with E-state index in [0.717, 1.165) is 11.3 Å². The summed E-state index contributed by atoms with van der Waals surface area (Å²) >= 11 is 0. The van der Waals surface area contributed by atoms with Gasteiger partial charge in [0.05, 0.1) is 5.56 Å². The average molecular weight is 175 g/mol. The molecule has 3 nitrogen and oxygen atoms in total. The summed E-state index contributed by atoms with van der Waals surface area (Å²) < 4.78 is 0. The first-order chi connectivity index (χ1) is 5.11. The first-order valence-electron chi connectivity index (χ1n) is 3.28. The Balaban J connectivity index is 0.00000121. The Bertz CT molecular complexity index is 299. The van der Waals surface area contributed by atoms with Gasteiger partial charge < -0.3 is 5.11 Å². The van der Waals surface area contributed by atoms with Crippen molar-refractivity contribution < 1.29 is 9.90 Å². The summed E-state index contributed by atoms with van der Waals surface area (Å²) in [5.74, 6) is -0.921. The van der Waals surface area contributed by atoms with E-state index in [1.807, 2.05) is 6.92 Å². The van der Waals surface area contributed by atoms with Gasteiger partial charge in [0, 0.05) is 11.9 Å². The van der Waals surface area contributed by atoms with Gasteiger partial charge in [0.1, 0.15) is 0 Å². The molecule has 4 heteroatoms. The third-order valence-electron chi connectivity index (χ3n) is 1.48. The van der Waals surface area contributed by atoms with Crippen molar-refractivity contribution in [1.29, 1.82) is 0 Å². The van der Waals surface area contributed by atoms with Crippen LogP contribution in [0.25, 0.3) is 0 Å². The van der Waals surface area contributed by atoms with E-state index in [1.54, 1.807) is 13.0 Å². The second kappa shape index (κ2) is 4.60. The van der Waals surface area contributed by atoms with Crippen molar-refractivity contribution in [3.05, 3.63) is 29.1 Å². The fourth-order valence-corrected chi connectivity index (χ4v) is 0.920. The average Bonchev–Trinajstić information content (AvgIpc) is 1.85. The molecule has 0 radical (unpaired) electrons. The van der Waals surface area contributed by atoms with E-state index in [0.29, 0.717) is 0 Å². The van der Waals surface area contributed by atoms with E-state index in [-0.39, 0.29) is 35.1 Å². The molecule has 60 valence electrons. The fraction of sp³-hybridized carbons (Fsp3) is 0.250. The van der Waals surface area contributed by atoms with Crippen molar-refractivity contribution in [3.63, 3.8) is 0 Å². The molecule has 0 bridgehead atoms. The van der Waals surface area contributed by atoms with Crippen molar-refractivity contribution in [2.75, 3.05) is 0 Å². The fourth-order valence-electron chi connectivity index (χ4n) is 0.920. The zero-order chi connectivity index (χ0) is 8.43. The van der Waals surface area contributed by atoms with Gasteiger partial charge >= 0.3 is 35.5 Å². The van der Waals surface area contributed by atoms with Gasteiger partial charge in [-0.3, -0.25) is 4.98 Å². The Kier molecular flexibility index (Phi) is 4.45. The number of carboxylic acid groups (broad SMARTS) is 1. The second-order valence-electron chi connectivity index (χ2n) is 2.45. The van der Waals surface area contributed by atoms with Crippen LogP contribution in [0, 0.1) is 13.8 Å². The molecule has 0 amide bonds. The van der Waals surface area contributed by atoms with Gasteiger partial charge in [0.2, 0.25) is 0 Å². The second-order valence-corrected chi connectivity index (χ2v) is 2.45. The molecule has 1 aromatic rings. The maximum atomic E-state index is 10.5. The van der Waals surface area contributed by atoms with Crippen molar-refractivity contribution in [3.8, 4) is 0 Å². The van der Waals surface area contributed by atoms with Gasteiger partial charge in [-0.15, -0.1) is 0 Å². The Morgan fingerprint density at radius 2 is 2.08 bits per heavy atom. The summed E-state index contributed by atoms with van der Waals surface area (Å²) in [7, 11) is 0. The SMILES string of the molecule is Cc1cc(C)c(C(=O)O)cn1.[NaH]. The van der Waals surface area contributed by atoms with Crippen LogP contribution in [0.5, 0.6) is 0 Å². The van der Waals surface area contributed by atoms with Gasteiger partial charge in [0.25, 0.3) is 0 Å². The number of carbonyl (C=O) groups is 1. The zero-order valence-electron chi connectivity index (χ0n) is 6.46. The summed E-state index contributed by atoms with van der Waals surface area (Å²) in [4.78, 5) is 14.4. The van der Waals surface area contributed by atoms with Crippen LogP contribution in [0.4, 0.5) is 0 Å². The molecule has 1 N–H and O–H groups in total. The molecule has 12 heavy (non-hydrogen) atoms. The number of pyridine rings is 1. The van der Waals surface area contributed by atoms with Gasteiger partial charge in [-0.1, -0.05) is 0 Å². The quantitative estimate of drug-likeness (QED) is 0.640. The molecule has 1 heterocycles. The molecule has 0 aliphatic rings. The summed E-state index contributed by atoms with van der Waals surface area (Å²) in [6.45, 7) is 3.59. The van der Waals surface area contributed by atoms with Crippen molar-refractivity contribution in [1.82, 2.24) is 4.98 Å². The molecule has 0 unspecified atom stereocenters. The number of rotatable bonds is 1. The number of hydrogen-bond acceptors (Lipinski definition) is 2. The minimum absolute atomic E-state index is 0. The van der Waals surface area contributed by atoms with Crippen LogP contribution in [0.2, 0.25) is 0 Å². The zero-order valence-corrected chi connectivity index (χ0v) is 6.46. The summed E-state index contributed by atoms with van der Waals surface area (Å²) in [6, 6.07) is 1.75. The van der Waals surface area contributed by atoms with E-state index in [9.17, 15) is 4.79 Å². The van der Waals surface area contributed by atoms with Crippen LogP contribution in [-0.4, -0.2) is 45.6 Å². The number of hydrogen-bond donors (Lipinski definition) is 1. The molecule has 0 aromatic carbocycles. The summed E-state index contributed by atoms with van der Waals surface area (Å²) in [5.41, 5.74) is 1.87. The Hall–Kier alpha value is -0.380. The molecule has 0 saturated heterocycles. The Morgan fingerprint density at radius 1 is 1.50 bits per heavy atom. The van der Waals surface area contributed by atoms with E-state index >= 15 is 0 Å². The predicted molar refractivity (Wildman–Crippen MR) is 47.8 cm³/mol. The third kappa shape index (κ3) is 2.59. The third-order valence-corrected chi connectivity index (χ3v) is 1.48. The number of carboxylic acids is 1. The Labute approximate surface area is 93.1 Å². The number of aromatic nitrogens is 1. The molecule has 1 rings (SSSR count). The van der Waals surface area contributed by atoms with Crippen LogP contribution < -0.4 is 0 Å². The monoisotopic (exact) mass is 175 g/mol. The van der Waals surface area contributed by atoms with E-state index < -0.39 is 5.97 Å². The van der Waals surface area contributed by atoms with Crippen molar-refractivity contribution in [2.45, 2.75) is 13.8 Å². The molecule has 0 aliphatic heterocycles. The molecule has 0 aliphatic carbocycles. The number of aromatic carboxylic acids is 1. The topological polar surface area (TPSA) is 50.2 Å². The molecule has 0 saturated carbocycles. The van der Waals surface area contributed by atoms with Gasteiger partial charge in [-0.25, -0.2) is 4.79 Å². The van der Waals surface area contributed by atoms with Crippen molar-refractivity contribution >= 4 is 35.5 Å². The number of aryl methyl sites for hydroxylation is 2. The van der Waals surface area contributed by atoms with E-state index in [4.69, 9.17) is 5.11 Å². The van der Waals surface area contributed by atoms with Gasteiger partial charge in [-0.2, -0.15) is 0 Å². The molecule has 0 spiro atoms. The van der Waals surface area contributed by atoms with Crippen LogP contribution in [0.3, 0.4) is 0 Å². The molecule has 0 fully saturated rings. The molecule has 1 aromatic heterocycles. The van der Waals surface area contributed by atoms with Crippen LogP contribution in [0.15, 0.2) is 12.3 Å². The normalized spacial score (nSPS) is 8.83. The first-order valence-corrected chi connectivity index (χ1v) is 3.28. The van der Waals surface area contributed by atoms with E-state index in [2.05, 4.69) is 4.98 Å². The minimum atomic E-state index is -0.921. The summed E-state index contributed by atoms with van der Waals surface area (Å²) in [6.07, 6.45) is 1.38. The van der Waals surface area contributed by atoms with Crippen LogP contribution in [-0.2, 0) is 0 Å². The predicted octanol–water partition coefficient (Wildman–Crippen LogP) is 0.748. The molecular weight excluding hydrogens is 165 g/mol. The Morgan fingerprint density at radius 3 is 2.50 bits per heavy atom. The number of nitrogens with zero attached hydrogens (tertiary/aromatic N) is 1. The summed E-state index contributed by atoms with van der Waals surface area (Å²) in [5, 5.41) is 8.62. The van der Waals surface area contributed by atoms with Crippen molar-refractivity contribution in [2.24, 2.45) is 0 Å². The standard InChI is InChI=1S/C8H9NO2.Na.H/c1-5-3-6(2)9-4-7(5)8(10)11;;/h3-4H,1-2H3,(H,10,11);;. The van der Waals surface area contributed by atoms with Gasteiger partial charge in [-0.05, 0) is 25.5 Å². The molecule has 0 atom stereocenters. The first kappa shape index (κ1) is 11.6. The van der Waals surface area contributed by atoms with Crippen LogP contribution in [0.1, 0.15) is 21.6 Å².